The van der Waals surface area contributed by atoms with Crippen LogP contribution in [0.4, 0.5) is 4.39 Å². The summed E-state index contributed by atoms with van der Waals surface area (Å²) in [4.78, 5) is 29.8. The van der Waals surface area contributed by atoms with Crippen LogP contribution >= 0.6 is 22.9 Å². The number of hydrogen-bond acceptors (Lipinski definition) is 10. The Morgan fingerprint density at radius 1 is 1.20 bits per heavy atom. The second-order valence-corrected chi connectivity index (χ2v) is 13.3. The Balaban J connectivity index is 1.23. The van der Waals surface area contributed by atoms with E-state index in [9.17, 15) is 9.18 Å². The highest BCUT2D eigenvalue weighted by molar-refractivity contribution is 7.11. The Kier molecular flexibility index (Phi) is 9.23. The van der Waals surface area contributed by atoms with Gasteiger partial charge in [-0.3, -0.25) is 19.7 Å². The molecule has 0 aliphatic carbocycles. The molecule has 0 unspecified atom stereocenters. The number of carbonyl (C=O) groups excluding carboxylic acids is 1. The van der Waals surface area contributed by atoms with Crippen molar-refractivity contribution in [1.82, 2.24) is 25.0 Å². The molecule has 12 heteroatoms. The minimum absolute atomic E-state index is 0.180. The predicted octanol–water partition coefficient (Wildman–Crippen LogP) is 4.42. The summed E-state index contributed by atoms with van der Waals surface area (Å²) in [6.07, 6.45) is 1.70. The summed E-state index contributed by atoms with van der Waals surface area (Å²) >= 11 is 7.94. The number of amidine groups is 1. The molecule has 2 fully saturated rings. The summed E-state index contributed by atoms with van der Waals surface area (Å²) < 4.78 is 19.2. The van der Waals surface area contributed by atoms with E-state index >= 15 is 0 Å². The van der Waals surface area contributed by atoms with Crippen molar-refractivity contribution in [2.45, 2.75) is 31.5 Å². The molecule has 3 aliphatic heterocycles. The average Bonchev–Trinajstić information content (AvgIpc) is 3.75. The third-order valence-corrected chi connectivity index (χ3v) is 9.70. The Morgan fingerprint density at radius 3 is 2.67 bits per heavy atom. The molecule has 4 heterocycles. The quantitative estimate of drug-likeness (QED) is 0.308. The van der Waals surface area contributed by atoms with Crippen molar-refractivity contribution >= 4 is 34.7 Å². The molecule has 3 aliphatic rings. The smallest absolute Gasteiger partial charge is 0.338 e. The van der Waals surface area contributed by atoms with Gasteiger partial charge in [-0.05, 0) is 50.2 Å². The van der Waals surface area contributed by atoms with Crippen LogP contribution in [0.2, 0.25) is 5.02 Å². The number of carbonyl (C=O) groups is 1. The number of aromatic nitrogens is 1. The first-order valence-corrected chi connectivity index (χ1v) is 16.2. The van der Waals surface area contributed by atoms with Crippen molar-refractivity contribution in [3.05, 3.63) is 97.8 Å². The van der Waals surface area contributed by atoms with Crippen LogP contribution in [0, 0.1) is 29.0 Å². The Bertz CT molecular complexity index is 1790. The lowest BCUT2D eigenvalue weighted by Crippen LogP contribution is -2.52. The normalized spacial score (nSPS) is 20.7. The fraction of sp³-hybridized carbons (Fsp3) is 0.353. The van der Waals surface area contributed by atoms with E-state index in [1.807, 2.05) is 17.5 Å². The molecule has 9 nitrogen and oxygen atoms in total. The summed E-state index contributed by atoms with van der Waals surface area (Å²) in [7, 11) is 1.34. The fourth-order valence-electron chi connectivity index (χ4n) is 6.02. The van der Waals surface area contributed by atoms with Crippen molar-refractivity contribution in [2.24, 2.45) is 4.99 Å². The zero-order chi connectivity index (χ0) is 32.4. The standard InChI is InChI=1S/C34H33ClFN7O2S/c1-34(2,11-10-22-4-6-23(17-37)7-5-22)43-19-25-18-41(13-14-42(25)21-43)20-28-29(33(44)45-3)30(26-9-8-24(36)16-27(26)35)40-31(39-28)32-38-12-15-46-32/h4-9,12,15-16,25,30H,13-14,18-21H2,1-3H3,(H,39,40)/t25-,30-/m0/s1. The molecule has 1 aromatic heterocycles. The summed E-state index contributed by atoms with van der Waals surface area (Å²) in [6, 6.07) is 13.1. The van der Waals surface area contributed by atoms with E-state index in [-0.39, 0.29) is 16.6 Å². The van der Waals surface area contributed by atoms with Gasteiger partial charge in [0.25, 0.3) is 0 Å². The Morgan fingerprint density at radius 2 is 1.98 bits per heavy atom. The number of ether oxygens (including phenoxy) is 1. The molecule has 0 radical (unpaired) electrons. The van der Waals surface area contributed by atoms with Gasteiger partial charge in [0.2, 0.25) is 0 Å². The summed E-state index contributed by atoms with van der Waals surface area (Å²) in [5.41, 5.74) is 2.65. The van der Waals surface area contributed by atoms with E-state index in [0.29, 0.717) is 39.8 Å². The van der Waals surface area contributed by atoms with Gasteiger partial charge in [-0.15, -0.1) is 11.3 Å². The minimum Gasteiger partial charge on any atom is -0.466 e. The molecule has 3 aromatic rings. The van der Waals surface area contributed by atoms with Crippen molar-refractivity contribution in [3.63, 3.8) is 0 Å². The molecule has 236 valence electrons. The molecule has 1 N–H and O–H groups in total. The Labute approximate surface area is 276 Å². The Hall–Kier alpha value is -4.10. The number of benzene rings is 2. The molecule has 2 saturated heterocycles. The number of piperazine rings is 1. The van der Waals surface area contributed by atoms with Crippen molar-refractivity contribution in [1.29, 1.82) is 5.26 Å². The van der Waals surface area contributed by atoms with Crippen LogP contribution in [0.25, 0.3) is 0 Å². The van der Waals surface area contributed by atoms with Gasteiger partial charge in [0, 0.05) is 72.2 Å². The molecule has 0 bridgehead atoms. The summed E-state index contributed by atoms with van der Waals surface area (Å²) in [5, 5.41) is 15.2. The number of hydrogen-bond donors (Lipinski definition) is 1. The number of halogens is 2. The van der Waals surface area contributed by atoms with E-state index in [1.165, 1.54) is 30.6 Å². The van der Waals surface area contributed by atoms with Gasteiger partial charge in [0.15, 0.2) is 10.8 Å². The maximum absolute atomic E-state index is 14.0. The number of nitrogens with one attached hydrogen (secondary N) is 1. The van der Waals surface area contributed by atoms with Gasteiger partial charge in [-0.25, -0.2) is 14.2 Å². The average molecular weight is 658 g/mol. The zero-order valence-corrected chi connectivity index (χ0v) is 27.3. The first-order valence-electron chi connectivity index (χ1n) is 14.9. The number of rotatable bonds is 6. The highest BCUT2D eigenvalue weighted by atomic mass is 35.5. The van der Waals surface area contributed by atoms with Gasteiger partial charge in [-0.1, -0.05) is 29.5 Å². The van der Waals surface area contributed by atoms with Crippen LogP contribution in [0.3, 0.4) is 0 Å². The van der Waals surface area contributed by atoms with Crippen LogP contribution in [0.15, 0.2) is 70.3 Å². The van der Waals surface area contributed by atoms with Gasteiger partial charge in [0.05, 0.1) is 36.5 Å². The van der Waals surface area contributed by atoms with E-state index in [4.69, 9.17) is 26.6 Å². The number of fused-ring (bicyclic) bond motifs is 1. The van der Waals surface area contributed by atoms with E-state index in [0.717, 1.165) is 38.4 Å². The van der Waals surface area contributed by atoms with Crippen LogP contribution in [0.5, 0.6) is 0 Å². The van der Waals surface area contributed by atoms with Gasteiger partial charge in [-0.2, -0.15) is 5.26 Å². The maximum Gasteiger partial charge on any atom is 0.338 e. The number of aliphatic imine (C=N–C) groups is 1. The molecule has 0 amide bonds. The van der Waals surface area contributed by atoms with Crippen LogP contribution in [-0.2, 0) is 9.53 Å². The van der Waals surface area contributed by atoms with Crippen molar-refractivity contribution < 1.29 is 13.9 Å². The second-order valence-electron chi connectivity index (χ2n) is 12.0. The number of nitrogens with zero attached hydrogens (tertiary/aromatic N) is 6. The molecule has 0 spiro atoms. The van der Waals surface area contributed by atoms with Gasteiger partial charge < -0.3 is 10.1 Å². The first-order chi connectivity index (χ1) is 22.1. The lowest BCUT2D eigenvalue weighted by molar-refractivity contribution is -0.136. The molecule has 46 heavy (non-hydrogen) atoms. The van der Waals surface area contributed by atoms with Crippen LogP contribution in [-0.4, -0.2) is 89.6 Å². The van der Waals surface area contributed by atoms with Crippen LogP contribution in [0.1, 0.15) is 41.6 Å². The van der Waals surface area contributed by atoms with Gasteiger partial charge in [0.1, 0.15) is 11.9 Å². The molecular formula is C34H33ClFN7O2S. The van der Waals surface area contributed by atoms with Crippen molar-refractivity contribution in [3.8, 4) is 17.9 Å². The molecular weight excluding hydrogens is 625 g/mol. The largest absolute Gasteiger partial charge is 0.466 e. The number of nitriles is 1. The minimum atomic E-state index is -0.797. The summed E-state index contributed by atoms with van der Waals surface area (Å²) in [5.74, 6) is 6.26. The lowest BCUT2D eigenvalue weighted by Gasteiger charge is -2.38. The number of methoxy groups -OCH3 is 1. The third kappa shape index (κ3) is 6.70. The van der Waals surface area contributed by atoms with E-state index in [1.54, 1.807) is 24.4 Å². The monoisotopic (exact) mass is 657 g/mol. The second kappa shape index (κ2) is 13.3. The third-order valence-electron chi connectivity index (χ3n) is 8.59. The molecule has 2 atom stereocenters. The first kappa shape index (κ1) is 31.9. The number of thiazole rings is 1. The molecule has 6 rings (SSSR count). The SMILES string of the molecule is COC(=O)C1=C(CN2CCN3CN(C(C)(C)C#Cc4ccc(C#N)cc4)C[C@@H]3C2)NC(c2nccs2)=N[C@H]1c1ccc(F)cc1Cl. The fourth-order valence-corrected chi connectivity index (χ4v) is 6.88. The zero-order valence-electron chi connectivity index (χ0n) is 25.8. The van der Waals surface area contributed by atoms with Crippen molar-refractivity contribution in [2.75, 3.05) is 46.5 Å². The van der Waals surface area contributed by atoms with Gasteiger partial charge >= 0.3 is 5.97 Å². The highest BCUT2D eigenvalue weighted by Crippen LogP contribution is 2.37. The van der Waals surface area contributed by atoms with Crippen LogP contribution < -0.4 is 5.32 Å². The topological polar surface area (TPSA) is 97.1 Å². The van der Waals surface area contributed by atoms with E-state index in [2.05, 4.69) is 56.8 Å². The summed E-state index contributed by atoms with van der Waals surface area (Å²) in [6.45, 7) is 8.85. The maximum atomic E-state index is 14.0. The lowest BCUT2D eigenvalue weighted by atomic mass is 9.95. The number of esters is 1. The highest BCUT2D eigenvalue weighted by Gasteiger charge is 2.41. The molecule has 0 saturated carbocycles. The predicted molar refractivity (Wildman–Crippen MR) is 176 cm³/mol. The van der Waals surface area contributed by atoms with E-state index < -0.39 is 17.8 Å². The molecule has 2 aromatic carbocycles.